The van der Waals surface area contributed by atoms with Gasteiger partial charge in [0, 0.05) is 47.0 Å². The van der Waals surface area contributed by atoms with Crippen molar-refractivity contribution in [3.8, 4) is 11.9 Å². The molecule has 338 valence electrons. The molecule has 6 rings (SSSR count). The number of fused-ring (bicyclic) bond motifs is 1. The van der Waals surface area contributed by atoms with Crippen molar-refractivity contribution in [1.29, 1.82) is 5.26 Å². The smallest absolute Gasteiger partial charge is 0.391 e. The summed E-state index contributed by atoms with van der Waals surface area (Å²) in [7, 11) is 0. The molecular formula is C49H66F4N6O3. The number of pyridine rings is 1. The molecule has 4 aromatic rings. The number of amides is 1. The lowest BCUT2D eigenvalue weighted by Crippen LogP contribution is -2.44. The number of hydrogen-bond acceptors (Lipinski definition) is 7. The number of carbonyl (C=O) groups is 1. The van der Waals surface area contributed by atoms with E-state index in [-0.39, 0.29) is 48.5 Å². The van der Waals surface area contributed by atoms with Crippen molar-refractivity contribution < 1.29 is 31.8 Å². The molecule has 1 N–H and O–H groups in total. The van der Waals surface area contributed by atoms with Gasteiger partial charge in [-0.15, -0.1) is 0 Å². The third-order valence-electron chi connectivity index (χ3n) is 11.7. The summed E-state index contributed by atoms with van der Waals surface area (Å²) in [4.78, 5) is 25.4. The van der Waals surface area contributed by atoms with Crippen molar-refractivity contribution in [3.63, 3.8) is 0 Å². The zero-order valence-electron chi connectivity index (χ0n) is 38.3. The van der Waals surface area contributed by atoms with Crippen molar-refractivity contribution in [1.82, 2.24) is 24.8 Å². The quantitative estimate of drug-likeness (QED) is 0.0994. The van der Waals surface area contributed by atoms with Gasteiger partial charge >= 0.3 is 6.18 Å². The summed E-state index contributed by atoms with van der Waals surface area (Å²) in [6.45, 7) is 22.6. The number of piperidine rings is 1. The van der Waals surface area contributed by atoms with Crippen molar-refractivity contribution in [2.24, 2.45) is 5.92 Å². The summed E-state index contributed by atoms with van der Waals surface area (Å²) >= 11 is 0. The molecule has 2 aromatic heterocycles. The van der Waals surface area contributed by atoms with Crippen LogP contribution in [0, 0.1) is 23.1 Å². The number of hydrogen-bond donors (Lipinski definition) is 1. The van der Waals surface area contributed by atoms with E-state index in [9.17, 15) is 22.4 Å². The van der Waals surface area contributed by atoms with Crippen LogP contribution in [0.1, 0.15) is 153 Å². The Morgan fingerprint density at radius 3 is 2.27 bits per heavy atom. The number of likely N-dealkylation sites (tertiary alicyclic amines) is 1. The molecule has 2 aliphatic rings. The zero-order chi connectivity index (χ0) is 45.8. The number of nitrogens with one attached hydrogen (secondary N) is 1. The molecule has 1 saturated heterocycles. The largest absolute Gasteiger partial charge is 0.473 e. The Morgan fingerprint density at radius 1 is 1.00 bits per heavy atom. The van der Waals surface area contributed by atoms with Crippen LogP contribution in [-0.4, -0.2) is 62.4 Å². The minimum absolute atomic E-state index is 0.0184. The number of imidazole rings is 1. The van der Waals surface area contributed by atoms with Crippen LogP contribution in [0.3, 0.4) is 0 Å². The molecule has 2 aromatic carbocycles. The first kappa shape index (κ1) is 49.9. The highest BCUT2D eigenvalue weighted by Gasteiger charge is 2.49. The second-order valence-corrected chi connectivity index (χ2v) is 17.5. The first-order chi connectivity index (χ1) is 29.3. The minimum Gasteiger partial charge on any atom is -0.473 e. The Labute approximate surface area is 365 Å². The van der Waals surface area contributed by atoms with Gasteiger partial charge < -0.3 is 19.4 Å². The van der Waals surface area contributed by atoms with Gasteiger partial charge in [-0.05, 0) is 136 Å². The Hall–Kier alpha value is -4.80. The van der Waals surface area contributed by atoms with Crippen LogP contribution in [0.5, 0.6) is 5.88 Å². The van der Waals surface area contributed by atoms with E-state index < -0.39 is 23.5 Å². The molecule has 1 aliphatic carbocycles. The van der Waals surface area contributed by atoms with Crippen molar-refractivity contribution in [2.45, 2.75) is 150 Å². The van der Waals surface area contributed by atoms with Crippen LogP contribution in [-0.2, 0) is 17.9 Å². The third kappa shape index (κ3) is 13.9. The molecule has 1 saturated carbocycles. The molecule has 0 radical (unpaired) electrons. The minimum atomic E-state index is -4.25. The summed E-state index contributed by atoms with van der Waals surface area (Å²) in [5.41, 5.74) is 3.77. The Kier molecular flexibility index (Phi) is 17.7. The number of nitriles is 1. The van der Waals surface area contributed by atoms with Gasteiger partial charge in [-0.3, -0.25) is 9.69 Å². The van der Waals surface area contributed by atoms with Gasteiger partial charge in [-0.25, -0.2) is 14.4 Å². The topological polar surface area (TPSA) is 105 Å². The monoisotopic (exact) mass is 863 g/mol. The maximum Gasteiger partial charge on any atom is 0.391 e. The van der Waals surface area contributed by atoms with Crippen LogP contribution < -0.4 is 10.1 Å². The molecule has 0 bridgehead atoms. The van der Waals surface area contributed by atoms with Gasteiger partial charge in [0.2, 0.25) is 5.88 Å². The van der Waals surface area contributed by atoms with Gasteiger partial charge in [0.25, 0.3) is 5.91 Å². The van der Waals surface area contributed by atoms with Crippen LogP contribution in [0.15, 0.2) is 66.2 Å². The standard InChI is InChI=1S/C42H50F4N6O3.C5H10.C2H6/c1-6-41(4,5)55-19-16-40(2,3)50-39(53)29-12-13-35-36(21-29)52(32-22-31(23-32)42(44,45)46)37(48-35)25-51-17-14-28(15-18-51)34-8-7-9-38(49-34)54-26-30-11-10-27(24-47)20-33(30)43;1-4-5(2)3;1-2/h7-13,20-21,28,31-32H,6,14-19,22-23,25-26H2,1-5H3,(H,50,53);4H,1-3H3;1-2H3. The van der Waals surface area contributed by atoms with Gasteiger partial charge in [-0.2, -0.15) is 18.4 Å². The van der Waals surface area contributed by atoms with Crippen LogP contribution in [0.25, 0.3) is 11.0 Å². The molecule has 62 heavy (non-hydrogen) atoms. The average molecular weight is 863 g/mol. The number of benzene rings is 2. The molecule has 0 spiro atoms. The summed E-state index contributed by atoms with van der Waals surface area (Å²) in [5.74, 6) is -0.884. The van der Waals surface area contributed by atoms with Crippen LogP contribution >= 0.6 is 0 Å². The fraction of sp³-hybridized carbons (Fsp3) is 0.551. The summed E-state index contributed by atoms with van der Waals surface area (Å²) in [5, 5.41) is 12.1. The van der Waals surface area contributed by atoms with Gasteiger partial charge in [-0.1, -0.05) is 44.6 Å². The highest BCUT2D eigenvalue weighted by atomic mass is 19.4. The highest BCUT2D eigenvalue weighted by molar-refractivity contribution is 5.98. The third-order valence-corrected chi connectivity index (χ3v) is 11.7. The normalized spacial score (nSPS) is 17.1. The van der Waals surface area contributed by atoms with E-state index in [0.29, 0.717) is 53.4 Å². The molecule has 2 fully saturated rings. The second kappa shape index (κ2) is 22.0. The molecule has 0 unspecified atom stereocenters. The molecular weight excluding hydrogens is 797 g/mol. The van der Waals surface area contributed by atoms with Crippen molar-refractivity contribution in [2.75, 3.05) is 19.7 Å². The average Bonchev–Trinajstić information content (AvgIpc) is 3.56. The maximum atomic E-state index is 14.4. The fourth-order valence-corrected chi connectivity index (χ4v) is 7.21. The van der Waals surface area contributed by atoms with E-state index >= 15 is 0 Å². The number of nitrogens with zero attached hydrogens (tertiary/aromatic N) is 5. The molecule has 3 heterocycles. The highest BCUT2D eigenvalue weighted by Crippen LogP contribution is 2.48. The number of allylic oxidation sites excluding steroid dienone is 2. The lowest BCUT2D eigenvalue weighted by Gasteiger charge is -2.39. The summed E-state index contributed by atoms with van der Waals surface area (Å²) in [6, 6.07) is 16.6. The number of halogens is 4. The molecule has 1 amide bonds. The van der Waals surface area contributed by atoms with E-state index in [0.717, 1.165) is 38.0 Å². The zero-order valence-corrected chi connectivity index (χ0v) is 38.3. The molecule has 9 nitrogen and oxygen atoms in total. The Balaban J connectivity index is 0.00000113. The molecule has 1 aliphatic heterocycles. The van der Waals surface area contributed by atoms with E-state index in [2.05, 4.69) is 37.1 Å². The SMILES string of the molecule is CC.CC=C(C)C.CCC(C)(C)OCCC(C)(C)NC(=O)c1ccc2nc(CN3CCC(c4cccc(OCc5ccc(C#N)cc5F)n4)CC3)n(C3CC(C(F)(F)F)C3)c2c1. The van der Waals surface area contributed by atoms with Gasteiger partial charge in [0.15, 0.2) is 0 Å². The van der Waals surface area contributed by atoms with Crippen molar-refractivity contribution >= 4 is 16.9 Å². The molecule has 0 atom stereocenters. The lowest BCUT2D eigenvalue weighted by atomic mass is 9.79. The van der Waals surface area contributed by atoms with E-state index in [1.54, 1.807) is 30.3 Å². The fourth-order valence-electron chi connectivity index (χ4n) is 7.21. The number of ether oxygens (including phenoxy) is 2. The van der Waals surface area contributed by atoms with E-state index in [1.807, 2.05) is 71.2 Å². The summed E-state index contributed by atoms with van der Waals surface area (Å²) in [6.07, 6.45) is 0.878. The van der Waals surface area contributed by atoms with Gasteiger partial charge in [0.05, 0.1) is 40.7 Å². The van der Waals surface area contributed by atoms with Crippen LogP contribution in [0.4, 0.5) is 17.6 Å². The predicted octanol–water partition coefficient (Wildman–Crippen LogP) is 12.0. The second-order valence-electron chi connectivity index (χ2n) is 17.5. The first-order valence-corrected chi connectivity index (χ1v) is 22.0. The molecule has 13 heteroatoms. The Morgan fingerprint density at radius 2 is 1.68 bits per heavy atom. The first-order valence-electron chi connectivity index (χ1n) is 22.0. The Bertz CT molecular complexity index is 2150. The summed E-state index contributed by atoms with van der Waals surface area (Å²) < 4.78 is 69.0. The predicted molar refractivity (Wildman–Crippen MR) is 237 cm³/mol. The van der Waals surface area contributed by atoms with Crippen LogP contribution in [0.2, 0.25) is 0 Å². The number of rotatable bonds is 14. The number of alkyl halides is 3. The lowest BCUT2D eigenvalue weighted by molar-refractivity contribution is -0.202. The number of aromatic nitrogens is 3. The van der Waals surface area contributed by atoms with E-state index in [1.165, 1.54) is 17.7 Å². The van der Waals surface area contributed by atoms with E-state index in [4.69, 9.17) is 24.7 Å². The number of carbonyl (C=O) groups excluding carboxylic acids is 1. The van der Waals surface area contributed by atoms with Crippen molar-refractivity contribution in [3.05, 3.63) is 100 Å². The maximum absolute atomic E-state index is 14.4. The van der Waals surface area contributed by atoms with Gasteiger partial charge in [0.1, 0.15) is 18.2 Å².